The number of aromatic nitrogens is 2. The number of carboxylic acids is 1. The number of nitrogens with one attached hydrogen (secondary N) is 5. The van der Waals surface area contributed by atoms with Crippen molar-refractivity contribution in [3.8, 4) is 29.5 Å². The molecular formula is C57H66FN7O19. The number of benzene rings is 2. The highest BCUT2D eigenvalue weighted by atomic mass is 19.1. The highest BCUT2D eigenvalue weighted by molar-refractivity contribution is 5.97. The van der Waals surface area contributed by atoms with Crippen molar-refractivity contribution in [3.63, 3.8) is 0 Å². The van der Waals surface area contributed by atoms with Gasteiger partial charge in [0.1, 0.15) is 75.7 Å². The van der Waals surface area contributed by atoms with Gasteiger partial charge in [-0.2, -0.15) is 0 Å². The Morgan fingerprint density at radius 3 is 2.44 bits per heavy atom. The van der Waals surface area contributed by atoms with E-state index < -0.39 is 128 Å². The van der Waals surface area contributed by atoms with Crippen LogP contribution < -0.4 is 36.9 Å². The van der Waals surface area contributed by atoms with Crippen molar-refractivity contribution in [2.75, 3.05) is 39.6 Å². The lowest BCUT2D eigenvalue weighted by Gasteiger charge is -2.38. The number of carboxylic acid groups (broad SMARTS) is 1. The minimum absolute atomic E-state index is 0.0293. The summed E-state index contributed by atoms with van der Waals surface area (Å²) in [5, 5.41) is 65.4. The molecule has 3 aliphatic heterocycles. The van der Waals surface area contributed by atoms with E-state index in [1.54, 1.807) is 19.9 Å². The Hall–Kier alpha value is -8.10. The Morgan fingerprint density at radius 2 is 1.70 bits per heavy atom. The number of esters is 1. The first-order valence-electron chi connectivity index (χ1n) is 27.4. The number of amides is 5. The monoisotopic (exact) mass is 1170 g/mol. The van der Waals surface area contributed by atoms with Crippen LogP contribution in [0.15, 0.2) is 35.1 Å². The highest BCUT2D eigenvalue weighted by Crippen LogP contribution is 2.46. The molecule has 8 rings (SSSR count). The molecule has 2 aromatic heterocycles. The van der Waals surface area contributed by atoms with Gasteiger partial charge in [0, 0.05) is 35.7 Å². The van der Waals surface area contributed by atoms with Gasteiger partial charge in [0.2, 0.25) is 24.0 Å². The molecule has 1 saturated heterocycles. The van der Waals surface area contributed by atoms with Gasteiger partial charge >= 0.3 is 18.0 Å². The van der Waals surface area contributed by atoms with Crippen molar-refractivity contribution in [2.45, 2.75) is 140 Å². The molecule has 0 spiro atoms. The van der Waals surface area contributed by atoms with E-state index in [0.29, 0.717) is 58.3 Å². The number of hydrogen-bond acceptors (Lipinski definition) is 19. The van der Waals surface area contributed by atoms with Gasteiger partial charge in [0.05, 0.1) is 40.6 Å². The van der Waals surface area contributed by atoms with Gasteiger partial charge in [-0.3, -0.25) is 24.0 Å². The Labute approximate surface area is 479 Å². The first-order valence-corrected chi connectivity index (χ1v) is 27.4. The fourth-order valence-electron chi connectivity index (χ4n) is 10.5. The van der Waals surface area contributed by atoms with Crippen molar-refractivity contribution in [2.24, 2.45) is 0 Å². The van der Waals surface area contributed by atoms with E-state index in [1.807, 2.05) is 0 Å². The van der Waals surface area contributed by atoms with Crippen LogP contribution in [-0.4, -0.2) is 153 Å². The predicted molar refractivity (Wildman–Crippen MR) is 290 cm³/mol. The quantitative estimate of drug-likeness (QED) is 0.0167. The molecule has 0 radical (unpaired) electrons. The number of halogens is 1. The molecule has 27 heteroatoms. The number of aryl methyl sites for hydroxylation is 1. The zero-order valence-electron chi connectivity index (χ0n) is 46.3. The highest BCUT2D eigenvalue weighted by Gasteiger charge is 2.49. The number of terminal acetylenes is 1. The van der Waals surface area contributed by atoms with Gasteiger partial charge in [-0.05, 0) is 79.5 Å². The smallest absolute Gasteiger partial charge is 0.407 e. The Balaban J connectivity index is 0.836. The third-order valence-corrected chi connectivity index (χ3v) is 15.1. The molecule has 1 fully saturated rings. The summed E-state index contributed by atoms with van der Waals surface area (Å²) in [6, 6.07) is 5.95. The van der Waals surface area contributed by atoms with Crippen LogP contribution >= 0.6 is 0 Å². The molecule has 10 N–H and O–H groups in total. The van der Waals surface area contributed by atoms with Crippen LogP contribution in [0, 0.1) is 25.1 Å². The van der Waals surface area contributed by atoms with Gasteiger partial charge in [-0.15, -0.1) is 6.42 Å². The summed E-state index contributed by atoms with van der Waals surface area (Å²) in [5.41, 5.74) is 0.860. The SMILES string of the molecule is C#CC(CCCCCC)OCC(=O)NCCNC(=O)c1cc(COC(=O)NCC(=O)NCOCC(=O)N[C@H]2CCc3c(C)c(F)cc4nc5c(c2c34)Cn2c-5cc3c(c2=O)COC(=O)[C@]3(O)CC)ccc1O[C@@H]1O[C@H](C(=O)O)[C@@H](O)[C@H](O)[C@H]1O. The lowest BCUT2D eigenvalue weighted by Crippen LogP contribution is -2.61. The molecule has 450 valence electrons. The molecule has 0 saturated carbocycles. The lowest BCUT2D eigenvalue weighted by molar-refractivity contribution is -0.271. The van der Waals surface area contributed by atoms with Gasteiger partial charge in [-0.1, -0.05) is 45.1 Å². The number of fused-ring (bicyclic) bond motifs is 5. The zero-order chi connectivity index (χ0) is 60.6. The number of unbranched alkanes of at least 4 members (excludes halogenated alkanes) is 3. The molecule has 8 atom stereocenters. The average Bonchev–Trinajstić information content (AvgIpc) is 1.51. The number of cyclic esters (lactones) is 1. The van der Waals surface area contributed by atoms with E-state index in [0.717, 1.165) is 25.7 Å². The predicted octanol–water partition coefficient (Wildman–Crippen LogP) is 0.753. The molecule has 1 unspecified atom stereocenters. The summed E-state index contributed by atoms with van der Waals surface area (Å²) in [6.07, 6.45) is -0.848. The summed E-state index contributed by atoms with van der Waals surface area (Å²) in [5.74, 6) is -3.47. The maximum Gasteiger partial charge on any atom is 0.407 e. The molecular weight excluding hydrogens is 1110 g/mol. The van der Waals surface area contributed by atoms with Crippen LogP contribution in [0.25, 0.3) is 22.3 Å². The summed E-state index contributed by atoms with van der Waals surface area (Å²) < 4.78 is 49.2. The molecule has 5 amide bonds. The summed E-state index contributed by atoms with van der Waals surface area (Å²) in [4.78, 5) is 108. The van der Waals surface area contributed by atoms with Gasteiger partial charge in [0.25, 0.3) is 11.5 Å². The summed E-state index contributed by atoms with van der Waals surface area (Å²) in [6.45, 7) is 2.42. The molecule has 5 heterocycles. The van der Waals surface area contributed by atoms with Crippen LogP contribution in [0.1, 0.15) is 114 Å². The van der Waals surface area contributed by atoms with E-state index in [-0.39, 0.29) is 72.8 Å². The van der Waals surface area contributed by atoms with E-state index in [1.165, 1.54) is 28.8 Å². The summed E-state index contributed by atoms with van der Waals surface area (Å²) >= 11 is 0. The molecule has 4 aliphatic rings. The maximum absolute atomic E-state index is 15.4. The number of aliphatic hydroxyl groups is 4. The van der Waals surface area contributed by atoms with E-state index in [2.05, 4.69) is 39.4 Å². The Morgan fingerprint density at radius 1 is 0.929 bits per heavy atom. The Bertz CT molecular complexity index is 3330. The largest absolute Gasteiger partial charge is 0.479 e. The van der Waals surface area contributed by atoms with Crippen molar-refractivity contribution < 1.29 is 91.9 Å². The third-order valence-electron chi connectivity index (χ3n) is 15.1. The summed E-state index contributed by atoms with van der Waals surface area (Å²) in [7, 11) is 0. The fraction of sp³-hybridized carbons (Fsp3) is 0.491. The van der Waals surface area contributed by atoms with Crippen LogP contribution in [0.4, 0.5) is 9.18 Å². The number of aliphatic carboxylic acids is 1. The molecule has 0 bridgehead atoms. The molecule has 1 aliphatic carbocycles. The standard InChI is InChI=1S/C57H66FN7O19/c1-5-8-9-10-11-30(6-2)80-26-42(67)59-16-17-60-51(72)32-18-29(12-15-40(32)83-54-49(71)47(69)48(70)50(84-54)53(74)75)23-82-56(77)61-21-41(66)62-27-79-25-43(68)63-37-14-13-31-28(4)36(58)20-38-44(31)45(37)33-22-65-39(46(33)64-38)19-35-34(52(65)73)24-81-55(76)57(35,78)7-3/h2,12,15,18-20,30,37,47-50,54,69-71,78H,5,7-11,13-14,16-17,21-27H2,1,3-4H3,(H,59,67)(H,60,72)(H,61,77)(H,62,66)(H,63,68)(H,74,75)/t30?,37-,47-,48-,49+,50-,54+,57-/m0/s1. The first-order chi connectivity index (χ1) is 40.2. The topological polar surface area (TPSA) is 371 Å². The molecule has 4 aromatic rings. The number of carbonyl (C=O) groups is 7. The van der Waals surface area contributed by atoms with E-state index in [4.69, 9.17) is 39.8 Å². The van der Waals surface area contributed by atoms with Crippen molar-refractivity contribution in [1.29, 1.82) is 0 Å². The number of nitrogens with zero attached hydrogens (tertiary/aromatic N) is 2. The minimum atomic E-state index is -2.07. The minimum Gasteiger partial charge on any atom is -0.479 e. The zero-order valence-corrected chi connectivity index (χ0v) is 46.3. The van der Waals surface area contributed by atoms with E-state index >= 15 is 4.39 Å². The fourth-order valence-corrected chi connectivity index (χ4v) is 10.5. The van der Waals surface area contributed by atoms with Crippen LogP contribution in [0.2, 0.25) is 0 Å². The number of pyridine rings is 2. The number of alkyl carbamates (subject to hydrolysis) is 1. The average molecular weight is 1170 g/mol. The van der Waals surface area contributed by atoms with Gasteiger partial charge < -0.3 is 85.1 Å². The van der Waals surface area contributed by atoms with Gasteiger partial charge in [-0.25, -0.2) is 23.8 Å². The molecule has 84 heavy (non-hydrogen) atoms. The van der Waals surface area contributed by atoms with Crippen LogP contribution in [0.3, 0.4) is 0 Å². The first kappa shape index (κ1) is 62.0. The normalized spacial score (nSPS) is 21.3. The van der Waals surface area contributed by atoms with Crippen molar-refractivity contribution in [3.05, 3.63) is 91.0 Å². The number of aliphatic hydroxyl groups excluding tert-OH is 3. The van der Waals surface area contributed by atoms with E-state index in [9.17, 15) is 63.9 Å². The Kier molecular flexibility index (Phi) is 20.0. The lowest BCUT2D eigenvalue weighted by atomic mass is 9.81. The molecule has 26 nitrogen and oxygen atoms in total. The maximum atomic E-state index is 15.4. The third kappa shape index (κ3) is 13.4. The second-order valence-corrected chi connectivity index (χ2v) is 20.6. The van der Waals surface area contributed by atoms with Crippen LogP contribution in [0.5, 0.6) is 5.75 Å². The second-order valence-electron chi connectivity index (χ2n) is 20.6. The number of carbonyl (C=O) groups excluding carboxylic acids is 6. The second kappa shape index (κ2) is 27.1. The molecule has 2 aromatic carbocycles. The number of hydrogen-bond donors (Lipinski definition) is 10. The van der Waals surface area contributed by atoms with Gasteiger partial charge in [0.15, 0.2) is 11.7 Å². The number of ether oxygens (including phenoxy) is 6. The van der Waals surface area contributed by atoms with Crippen molar-refractivity contribution in [1.82, 2.24) is 36.1 Å². The van der Waals surface area contributed by atoms with Crippen molar-refractivity contribution >= 4 is 52.6 Å². The van der Waals surface area contributed by atoms with Crippen LogP contribution in [-0.2, 0) is 79.4 Å². The number of rotatable bonds is 25.